The van der Waals surface area contributed by atoms with Crippen LogP contribution in [0, 0.1) is 25.5 Å². The number of aliphatic imine (C=N–C) groups is 2. The summed E-state index contributed by atoms with van der Waals surface area (Å²) in [4.78, 5) is 49.2. The van der Waals surface area contributed by atoms with Crippen molar-refractivity contribution in [3.05, 3.63) is 164 Å². The number of nitrogen functional groups attached to an aromatic ring is 2. The maximum atomic E-state index is 14.3. The number of hydrogen-bond acceptors (Lipinski definition) is 23. The maximum absolute atomic E-state index is 14.3. The van der Waals surface area contributed by atoms with E-state index in [1.807, 2.05) is 50.2 Å². The second-order valence-electron chi connectivity index (χ2n) is 20.2. The zero-order valence-corrected chi connectivity index (χ0v) is 50.2. The first kappa shape index (κ1) is 65.1. The Morgan fingerprint density at radius 2 is 1.18 bits per heavy atom. The van der Waals surface area contributed by atoms with E-state index in [9.17, 15) is 19.0 Å². The van der Waals surface area contributed by atoms with Gasteiger partial charge in [-0.05, 0) is 99.2 Å². The minimum Gasteiger partial charge on any atom is -0.481 e. The van der Waals surface area contributed by atoms with Crippen molar-refractivity contribution in [2.24, 2.45) is 9.98 Å². The monoisotopic (exact) mass is 1260 g/mol. The van der Waals surface area contributed by atoms with Gasteiger partial charge in [0.2, 0.25) is 23.7 Å². The average molecular weight is 1270 g/mol. The van der Waals surface area contributed by atoms with Crippen LogP contribution in [0.3, 0.4) is 0 Å². The van der Waals surface area contributed by atoms with Crippen molar-refractivity contribution in [2.45, 2.75) is 76.7 Å². The van der Waals surface area contributed by atoms with Gasteiger partial charge < -0.3 is 55.6 Å². The molecule has 87 heavy (non-hydrogen) atoms. The predicted molar refractivity (Wildman–Crippen MR) is 330 cm³/mol. The first-order valence-electron chi connectivity index (χ1n) is 28.2. The van der Waals surface area contributed by atoms with E-state index in [1.54, 1.807) is 37.4 Å². The molecule has 0 unspecified atom stereocenters. The molecular formula is C60H73BBrF2N13O10. The van der Waals surface area contributed by atoms with Gasteiger partial charge in [-0.25, -0.2) is 49.6 Å². The molecule has 0 aliphatic carbocycles. The Morgan fingerprint density at radius 1 is 0.667 bits per heavy atom. The van der Waals surface area contributed by atoms with Crippen LogP contribution in [-0.2, 0) is 31.8 Å². The zero-order valence-electron chi connectivity index (χ0n) is 48.7. The minimum atomic E-state index is -0.786. The van der Waals surface area contributed by atoms with Crippen molar-refractivity contribution >= 4 is 57.9 Å². The molecular weight excluding hydrogens is 1190 g/mol. The van der Waals surface area contributed by atoms with Crippen LogP contribution in [0.2, 0.25) is 0 Å². The van der Waals surface area contributed by atoms with Gasteiger partial charge in [-0.2, -0.15) is 0 Å². The molecule has 1 fully saturated rings. The quantitative estimate of drug-likeness (QED) is 0.0268. The maximum Gasteiger partial charge on any atom is 0.513 e. The van der Waals surface area contributed by atoms with Crippen molar-refractivity contribution in [1.82, 2.24) is 40.9 Å². The number of amidine groups is 2. The topological polar surface area (TPSA) is 318 Å². The van der Waals surface area contributed by atoms with Gasteiger partial charge in [0, 0.05) is 68.4 Å². The third-order valence-electron chi connectivity index (χ3n) is 14.0. The van der Waals surface area contributed by atoms with E-state index in [-0.39, 0.29) is 45.0 Å². The zero-order chi connectivity index (χ0) is 61.8. The van der Waals surface area contributed by atoms with E-state index in [0.29, 0.717) is 120 Å². The third-order valence-corrected chi connectivity index (χ3v) is 14.7. The summed E-state index contributed by atoms with van der Waals surface area (Å²) in [6.45, 7) is 6.47. The fourth-order valence-corrected chi connectivity index (χ4v) is 10.4. The molecule has 3 aliphatic heterocycles. The molecule has 4 atom stereocenters. The van der Waals surface area contributed by atoms with Crippen LogP contribution in [0.15, 0.2) is 118 Å². The summed E-state index contributed by atoms with van der Waals surface area (Å²) in [5.74, 6) is 1.47. The lowest BCUT2D eigenvalue weighted by molar-refractivity contribution is 0.0532. The number of para-hydroxylation sites is 1. The normalized spacial score (nSPS) is 16.2. The van der Waals surface area contributed by atoms with E-state index in [2.05, 4.69) is 73.8 Å². The molecule has 462 valence electrons. The Hall–Kier alpha value is -7.86. The molecule has 0 bridgehead atoms. The molecule has 10 N–H and O–H groups in total. The lowest BCUT2D eigenvalue weighted by Gasteiger charge is -2.28. The van der Waals surface area contributed by atoms with Gasteiger partial charge in [-0.1, -0.05) is 58.4 Å². The Bertz CT molecular complexity index is 3460. The molecule has 10 rings (SSSR count). The van der Waals surface area contributed by atoms with Crippen LogP contribution >= 0.6 is 15.9 Å². The van der Waals surface area contributed by atoms with Crippen LogP contribution in [0.1, 0.15) is 84.2 Å². The number of ether oxygens (including phenoxy) is 2. The minimum absolute atomic E-state index is 0. The number of fused-ring (bicyclic) bond motifs is 2. The van der Waals surface area contributed by atoms with E-state index >= 15 is 0 Å². The first-order chi connectivity index (χ1) is 42.1. The summed E-state index contributed by atoms with van der Waals surface area (Å²) in [6.07, 6.45) is 1.26. The van der Waals surface area contributed by atoms with Crippen LogP contribution in [0.5, 0.6) is 11.8 Å². The second kappa shape index (κ2) is 32.2. The number of anilines is 3. The number of hydrogen-bond donors (Lipinski definition) is 8. The Balaban J connectivity index is 0.000000193. The molecule has 0 saturated carbocycles. The standard InChI is InChI=1S/C25H29FN6O4.C19H23BrFN5O3.C16H19BN2O3.H2/c1-14-23-21(31-25(27)28-14)12-20(30-24(23)32-36-10-4-5-16(34)13-33)17-9-8-15(26)11-18(17)19-6-3-7-22(29-19)35-2;1-10-17-16(25-19(22)23-10)8-15(13-5-4-11(21)7-14(13)20)24-18(17)26-29-6-2-3-12(28)9-27;1-20-16-9-5-8-15(18-16)17-21-12-10-19(11-13-22-17)14-6-3-2-4-7-14;/h3,6-9,11,16,20,33-34H,4-5,10,12-13H2,1-2H3,(H,30,32)(H2,27,28,31);4-5,7,12,15,27-28H,2-3,6,8-9H2,1H3,(H,24,26)(H2,22,23,25);2-9H,10-13H2,1H3;1H/t16-,20+;12-,15+;;/m00../s1/i;;;1+1. The molecule has 3 aliphatic rings. The van der Waals surface area contributed by atoms with Crippen molar-refractivity contribution in [1.29, 1.82) is 0 Å². The lowest BCUT2D eigenvalue weighted by atomic mass is 9.83. The smallest absolute Gasteiger partial charge is 0.481 e. The second-order valence-corrected chi connectivity index (χ2v) is 21.0. The average Bonchev–Trinajstić information content (AvgIpc) is 1.84. The SMILES string of the molecule is COc1cccc(-c2cc(F)ccc2[C@H]2Cc3nc(N)nc(C)c3C(NOCCC[C@H](O)CO)=N2)n1.COc1cccc(B2OCCN(c3ccccc3)CCO2)n1.Cc1nc(N)nc2c1C(NOCCC[C@H](O)CO)=N[C@@H](c1ccc(F)cc1Br)C2.[2HH]. The van der Waals surface area contributed by atoms with Crippen LogP contribution in [0.25, 0.3) is 11.3 Å². The number of aliphatic hydroxyl groups excluding tert-OH is 4. The van der Waals surface area contributed by atoms with E-state index in [0.717, 1.165) is 41.1 Å². The Morgan fingerprint density at radius 3 is 1.72 bits per heavy atom. The summed E-state index contributed by atoms with van der Waals surface area (Å²) in [5, 5.41) is 36.7. The molecule has 0 spiro atoms. The van der Waals surface area contributed by atoms with Crippen molar-refractivity contribution in [2.75, 3.05) is 83.3 Å². The molecule has 4 aromatic heterocycles. The number of aromatic nitrogens is 6. The Kier molecular flexibility index (Phi) is 24.1. The van der Waals surface area contributed by atoms with Crippen molar-refractivity contribution in [3.8, 4) is 23.0 Å². The molecule has 1 saturated heterocycles. The largest absolute Gasteiger partial charge is 0.513 e. The summed E-state index contributed by atoms with van der Waals surface area (Å²) >= 11 is 3.40. The number of aliphatic hydroxyl groups is 4. The molecule has 23 nitrogen and oxygen atoms in total. The number of benzene rings is 3. The molecule has 27 heteroatoms. The highest BCUT2D eigenvalue weighted by Crippen LogP contribution is 2.37. The predicted octanol–water partition coefficient (Wildman–Crippen LogP) is 5.83. The van der Waals surface area contributed by atoms with Gasteiger partial charge in [-0.3, -0.25) is 19.7 Å². The third kappa shape index (κ3) is 18.1. The van der Waals surface area contributed by atoms with Crippen LogP contribution < -0.4 is 42.4 Å². The fraction of sp³-hybridized carbons (Fsp3) is 0.367. The van der Waals surface area contributed by atoms with E-state index < -0.39 is 31.2 Å². The van der Waals surface area contributed by atoms with Crippen molar-refractivity contribution < 1.29 is 59.1 Å². The molecule has 7 aromatic rings. The number of hydroxylamine groups is 2. The number of methoxy groups -OCH3 is 2. The van der Waals surface area contributed by atoms with Gasteiger partial charge in [0.25, 0.3) is 0 Å². The van der Waals surface area contributed by atoms with Gasteiger partial charge in [-0.15, -0.1) is 0 Å². The fourth-order valence-electron chi connectivity index (χ4n) is 9.77. The van der Waals surface area contributed by atoms with Gasteiger partial charge >= 0.3 is 7.12 Å². The number of rotatable bonds is 19. The highest BCUT2D eigenvalue weighted by Gasteiger charge is 2.31. The van der Waals surface area contributed by atoms with Crippen LogP contribution in [-0.4, -0.2) is 148 Å². The lowest BCUT2D eigenvalue weighted by Crippen LogP contribution is -2.45. The summed E-state index contributed by atoms with van der Waals surface area (Å²) in [7, 11) is 2.69. The summed E-state index contributed by atoms with van der Waals surface area (Å²) in [5.41, 5.74) is 26.3. The van der Waals surface area contributed by atoms with Gasteiger partial charge in [0.1, 0.15) is 11.6 Å². The highest BCUT2D eigenvalue weighted by atomic mass is 79.9. The van der Waals surface area contributed by atoms with E-state index in [1.165, 1.54) is 37.1 Å². The van der Waals surface area contributed by atoms with Crippen LogP contribution in [0.4, 0.5) is 26.4 Å². The molecule has 0 radical (unpaired) electrons. The Labute approximate surface area is 513 Å². The number of nitrogens with two attached hydrogens (primary N) is 2. The number of nitrogens with one attached hydrogen (secondary N) is 2. The number of aryl methyl sites for hydroxylation is 2. The van der Waals surface area contributed by atoms with Gasteiger partial charge in [0.05, 0.1) is 110 Å². The van der Waals surface area contributed by atoms with Crippen molar-refractivity contribution in [3.63, 3.8) is 0 Å². The number of nitrogens with zero attached hydrogens (tertiary/aromatic N) is 9. The van der Waals surface area contributed by atoms with E-state index in [4.69, 9.17) is 60.1 Å². The summed E-state index contributed by atoms with van der Waals surface area (Å²) < 4.78 is 50.5. The molecule has 7 heterocycles. The highest BCUT2D eigenvalue weighted by molar-refractivity contribution is 9.10. The summed E-state index contributed by atoms with van der Waals surface area (Å²) in [6, 6.07) is 29.4. The molecule has 0 amide bonds. The molecule has 3 aromatic carbocycles. The number of pyridine rings is 2. The van der Waals surface area contributed by atoms with Gasteiger partial charge in [0.15, 0.2) is 11.7 Å². The first-order valence-corrected chi connectivity index (χ1v) is 29.0. The number of halogens is 3.